The quantitative estimate of drug-likeness (QED) is 0.542. The van der Waals surface area contributed by atoms with Crippen LogP contribution in [-0.4, -0.2) is 24.2 Å². The lowest BCUT2D eigenvalue weighted by Crippen LogP contribution is -2.32. The molecule has 10 heavy (non-hydrogen) atoms. The highest BCUT2D eigenvalue weighted by molar-refractivity contribution is 5.46. The molecule has 0 heterocycles. The molecule has 3 nitrogen and oxygen atoms in total. The number of carbonyl (C=O) groups is 1. The molecule has 0 bridgehead atoms. The van der Waals surface area contributed by atoms with Gasteiger partial charge in [0.15, 0.2) is 0 Å². The summed E-state index contributed by atoms with van der Waals surface area (Å²) in [6.45, 7) is 0.200. The number of carbonyl (C=O) groups excluding carboxylic acids is 1. The molecule has 1 aliphatic carbocycles. The number of aliphatic hydroxyl groups is 1. The number of amides is 1. The number of nitrogens with one attached hydrogen (secondary N) is 1. The molecule has 2 unspecified atom stereocenters. The molecule has 1 amide bonds. The van der Waals surface area contributed by atoms with E-state index >= 15 is 0 Å². The van der Waals surface area contributed by atoms with Crippen LogP contribution in [0.1, 0.15) is 19.3 Å². The summed E-state index contributed by atoms with van der Waals surface area (Å²) in [5.74, 6) is 0.296. The van der Waals surface area contributed by atoms with E-state index in [9.17, 15) is 4.79 Å². The van der Waals surface area contributed by atoms with Crippen LogP contribution in [0.2, 0.25) is 0 Å². The first kappa shape index (κ1) is 7.54. The Balaban J connectivity index is 2.34. The summed E-state index contributed by atoms with van der Waals surface area (Å²) in [7, 11) is 0. The van der Waals surface area contributed by atoms with Crippen molar-refractivity contribution in [1.29, 1.82) is 0 Å². The van der Waals surface area contributed by atoms with Gasteiger partial charge in [0.25, 0.3) is 0 Å². The van der Waals surface area contributed by atoms with Crippen molar-refractivity contribution in [3.05, 3.63) is 0 Å². The minimum Gasteiger partial charge on any atom is -0.396 e. The Bertz CT molecular complexity index is 116. The van der Waals surface area contributed by atoms with Gasteiger partial charge in [-0.1, -0.05) is 6.42 Å². The van der Waals surface area contributed by atoms with Crippen LogP contribution in [0.4, 0.5) is 0 Å². The standard InChI is InChI=1S/C7H13NO2/c9-4-6-2-1-3-7(6)8-5-10/h5-7,9H,1-4H2,(H,8,10). The van der Waals surface area contributed by atoms with E-state index in [1.165, 1.54) is 0 Å². The highest BCUT2D eigenvalue weighted by Crippen LogP contribution is 2.24. The summed E-state index contributed by atoms with van der Waals surface area (Å²) >= 11 is 0. The second-order valence-electron chi connectivity index (χ2n) is 2.76. The Morgan fingerprint density at radius 1 is 1.60 bits per heavy atom. The van der Waals surface area contributed by atoms with Gasteiger partial charge in [-0.05, 0) is 12.8 Å². The molecule has 0 spiro atoms. The van der Waals surface area contributed by atoms with Crippen molar-refractivity contribution < 1.29 is 9.90 Å². The van der Waals surface area contributed by atoms with Crippen LogP contribution in [0.15, 0.2) is 0 Å². The van der Waals surface area contributed by atoms with Gasteiger partial charge in [0.1, 0.15) is 0 Å². The zero-order valence-corrected chi connectivity index (χ0v) is 5.92. The van der Waals surface area contributed by atoms with Gasteiger partial charge in [0.2, 0.25) is 6.41 Å². The van der Waals surface area contributed by atoms with Gasteiger partial charge in [0, 0.05) is 18.6 Å². The van der Waals surface area contributed by atoms with Crippen LogP contribution in [0.3, 0.4) is 0 Å². The summed E-state index contributed by atoms with van der Waals surface area (Å²) in [4.78, 5) is 10.0. The number of rotatable bonds is 3. The second-order valence-corrected chi connectivity index (χ2v) is 2.76. The average Bonchev–Trinajstić information content (AvgIpc) is 2.36. The maximum Gasteiger partial charge on any atom is 0.207 e. The minimum absolute atomic E-state index is 0.200. The first-order valence-corrected chi connectivity index (χ1v) is 3.69. The Hall–Kier alpha value is -0.570. The Morgan fingerprint density at radius 3 is 3.00 bits per heavy atom. The fraction of sp³-hybridized carbons (Fsp3) is 0.857. The van der Waals surface area contributed by atoms with Crippen molar-refractivity contribution in [3.63, 3.8) is 0 Å². The van der Waals surface area contributed by atoms with Crippen LogP contribution in [0, 0.1) is 5.92 Å². The first-order chi connectivity index (χ1) is 4.88. The van der Waals surface area contributed by atoms with Gasteiger partial charge >= 0.3 is 0 Å². The average molecular weight is 143 g/mol. The molecule has 3 heteroatoms. The SMILES string of the molecule is O=CNC1CCCC1CO. The van der Waals surface area contributed by atoms with E-state index in [1.807, 2.05) is 0 Å². The first-order valence-electron chi connectivity index (χ1n) is 3.69. The summed E-state index contributed by atoms with van der Waals surface area (Å²) in [5, 5.41) is 11.5. The molecule has 1 aliphatic rings. The molecule has 58 valence electrons. The maximum atomic E-state index is 10.0. The second kappa shape index (κ2) is 3.56. The normalized spacial score (nSPS) is 32.1. The molecule has 0 aromatic carbocycles. The van der Waals surface area contributed by atoms with E-state index in [1.54, 1.807) is 0 Å². The summed E-state index contributed by atoms with van der Waals surface area (Å²) in [6, 6.07) is 0.225. The van der Waals surface area contributed by atoms with E-state index in [0.717, 1.165) is 25.7 Å². The number of aliphatic hydroxyl groups excluding tert-OH is 1. The zero-order valence-electron chi connectivity index (χ0n) is 5.92. The molecule has 1 rings (SSSR count). The fourth-order valence-corrected chi connectivity index (χ4v) is 1.56. The molecule has 0 aromatic rings. The fourth-order valence-electron chi connectivity index (χ4n) is 1.56. The number of hydrogen-bond acceptors (Lipinski definition) is 2. The van der Waals surface area contributed by atoms with Crippen LogP contribution < -0.4 is 5.32 Å². The predicted molar refractivity (Wildman–Crippen MR) is 37.4 cm³/mol. The lowest BCUT2D eigenvalue weighted by Gasteiger charge is -2.15. The van der Waals surface area contributed by atoms with Gasteiger partial charge in [-0.25, -0.2) is 0 Å². The van der Waals surface area contributed by atoms with Crippen molar-refractivity contribution >= 4 is 6.41 Å². The van der Waals surface area contributed by atoms with Gasteiger partial charge in [0.05, 0.1) is 0 Å². The minimum atomic E-state index is 0.200. The largest absolute Gasteiger partial charge is 0.396 e. The lowest BCUT2D eigenvalue weighted by molar-refractivity contribution is -0.110. The van der Waals surface area contributed by atoms with E-state index < -0.39 is 0 Å². The van der Waals surface area contributed by atoms with Crippen molar-refractivity contribution in [2.24, 2.45) is 5.92 Å². The van der Waals surface area contributed by atoms with Crippen molar-refractivity contribution in [2.75, 3.05) is 6.61 Å². The van der Waals surface area contributed by atoms with Crippen LogP contribution in [0.5, 0.6) is 0 Å². The summed E-state index contributed by atoms with van der Waals surface area (Å²) in [5.41, 5.74) is 0. The third-order valence-electron chi connectivity index (χ3n) is 2.18. The molecule has 0 aliphatic heterocycles. The Kier molecular flexibility index (Phi) is 2.68. The van der Waals surface area contributed by atoms with E-state index in [0.29, 0.717) is 5.92 Å². The van der Waals surface area contributed by atoms with Crippen molar-refractivity contribution in [2.45, 2.75) is 25.3 Å². The van der Waals surface area contributed by atoms with Gasteiger partial charge < -0.3 is 10.4 Å². The van der Waals surface area contributed by atoms with Gasteiger partial charge in [-0.3, -0.25) is 4.79 Å². The maximum absolute atomic E-state index is 10.0. The van der Waals surface area contributed by atoms with Crippen molar-refractivity contribution in [1.82, 2.24) is 5.32 Å². The van der Waals surface area contributed by atoms with Gasteiger partial charge in [-0.15, -0.1) is 0 Å². The van der Waals surface area contributed by atoms with E-state index in [4.69, 9.17) is 5.11 Å². The molecular weight excluding hydrogens is 130 g/mol. The molecule has 0 saturated heterocycles. The zero-order chi connectivity index (χ0) is 7.40. The lowest BCUT2D eigenvalue weighted by atomic mass is 10.1. The van der Waals surface area contributed by atoms with Crippen molar-refractivity contribution in [3.8, 4) is 0 Å². The van der Waals surface area contributed by atoms with Crippen LogP contribution >= 0.6 is 0 Å². The van der Waals surface area contributed by atoms with E-state index in [-0.39, 0.29) is 12.6 Å². The smallest absolute Gasteiger partial charge is 0.207 e. The monoisotopic (exact) mass is 143 g/mol. The molecule has 2 atom stereocenters. The highest BCUT2D eigenvalue weighted by Gasteiger charge is 2.25. The molecule has 0 aromatic heterocycles. The summed E-state index contributed by atoms with van der Waals surface area (Å²) < 4.78 is 0. The number of hydrogen-bond donors (Lipinski definition) is 2. The third kappa shape index (κ3) is 1.48. The molecule has 1 saturated carbocycles. The molecular formula is C7H13NO2. The van der Waals surface area contributed by atoms with Gasteiger partial charge in [-0.2, -0.15) is 0 Å². The Labute approximate surface area is 60.4 Å². The topological polar surface area (TPSA) is 49.3 Å². The third-order valence-corrected chi connectivity index (χ3v) is 2.18. The Morgan fingerprint density at radius 2 is 2.40 bits per heavy atom. The van der Waals surface area contributed by atoms with E-state index in [2.05, 4.69) is 5.32 Å². The van der Waals surface area contributed by atoms with Crippen LogP contribution in [0.25, 0.3) is 0 Å². The predicted octanol–water partition coefficient (Wildman–Crippen LogP) is -0.107. The molecule has 0 radical (unpaired) electrons. The molecule has 1 fully saturated rings. The molecule has 2 N–H and O–H groups in total. The summed E-state index contributed by atoms with van der Waals surface area (Å²) in [6.07, 6.45) is 3.90. The van der Waals surface area contributed by atoms with Crippen LogP contribution in [-0.2, 0) is 4.79 Å². The highest BCUT2D eigenvalue weighted by atomic mass is 16.3.